The van der Waals surface area contributed by atoms with Gasteiger partial charge in [-0.2, -0.15) is 0 Å². The maximum atomic E-state index is 11.6. The first-order chi connectivity index (χ1) is 8.47. The van der Waals surface area contributed by atoms with Crippen LogP contribution in [0.25, 0.3) is 0 Å². The number of nitrogens with two attached hydrogens (primary N) is 1. The molecular formula is C13H26N2O3. The standard InChI is InChI=1S/C13H26N2O3/c1-10(2)9-11(13(17)18)15-12(16)7-5-3-4-6-8-14/h10-11H,3-9,14H2,1-2H3,(H,15,16)(H,17,18). The smallest absolute Gasteiger partial charge is 0.326 e. The third kappa shape index (κ3) is 8.98. The summed E-state index contributed by atoms with van der Waals surface area (Å²) in [5, 5.41) is 11.6. The average molecular weight is 258 g/mol. The van der Waals surface area contributed by atoms with Gasteiger partial charge >= 0.3 is 5.97 Å². The molecule has 0 heterocycles. The van der Waals surface area contributed by atoms with Gasteiger partial charge in [0.15, 0.2) is 0 Å². The number of carbonyl (C=O) groups excluding carboxylic acids is 1. The Morgan fingerprint density at radius 3 is 2.28 bits per heavy atom. The molecule has 0 saturated carbocycles. The first-order valence-electron chi connectivity index (χ1n) is 6.69. The molecule has 0 rings (SSSR count). The summed E-state index contributed by atoms with van der Waals surface area (Å²) in [5.41, 5.74) is 5.37. The van der Waals surface area contributed by atoms with Gasteiger partial charge in [0.05, 0.1) is 0 Å². The van der Waals surface area contributed by atoms with Crippen LogP contribution in [0.4, 0.5) is 0 Å². The van der Waals surface area contributed by atoms with E-state index in [1.807, 2.05) is 13.8 Å². The van der Waals surface area contributed by atoms with Crippen molar-refractivity contribution in [2.75, 3.05) is 6.54 Å². The minimum atomic E-state index is -0.958. The molecule has 4 N–H and O–H groups in total. The molecule has 1 amide bonds. The second-order valence-corrected chi connectivity index (χ2v) is 5.04. The van der Waals surface area contributed by atoms with E-state index in [2.05, 4.69) is 5.32 Å². The Labute approximate surface area is 109 Å². The average Bonchev–Trinajstić information content (AvgIpc) is 2.27. The van der Waals surface area contributed by atoms with Crippen LogP contribution in [0.1, 0.15) is 52.4 Å². The summed E-state index contributed by atoms with van der Waals surface area (Å²) in [6, 6.07) is -0.762. The van der Waals surface area contributed by atoms with Crippen molar-refractivity contribution in [3.8, 4) is 0 Å². The zero-order valence-corrected chi connectivity index (χ0v) is 11.4. The van der Waals surface area contributed by atoms with E-state index in [0.29, 0.717) is 19.4 Å². The molecule has 0 saturated heterocycles. The number of hydrogen-bond acceptors (Lipinski definition) is 3. The summed E-state index contributed by atoms with van der Waals surface area (Å²) in [4.78, 5) is 22.5. The fraction of sp³-hybridized carbons (Fsp3) is 0.846. The third-order valence-corrected chi connectivity index (χ3v) is 2.70. The van der Waals surface area contributed by atoms with E-state index >= 15 is 0 Å². The van der Waals surface area contributed by atoms with E-state index < -0.39 is 12.0 Å². The molecule has 1 atom stereocenters. The van der Waals surface area contributed by atoms with Crippen molar-refractivity contribution in [1.82, 2.24) is 5.32 Å². The Kier molecular flexibility index (Phi) is 9.28. The van der Waals surface area contributed by atoms with E-state index in [9.17, 15) is 9.59 Å². The number of aliphatic carboxylic acids is 1. The van der Waals surface area contributed by atoms with Gasteiger partial charge in [0.1, 0.15) is 6.04 Å². The minimum Gasteiger partial charge on any atom is -0.480 e. The van der Waals surface area contributed by atoms with E-state index in [-0.39, 0.29) is 11.8 Å². The Bertz CT molecular complexity index is 255. The van der Waals surface area contributed by atoms with Crippen molar-refractivity contribution in [1.29, 1.82) is 0 Å². The zero-order valence-electron chi connectivity index (χ0n) is 11.4. The lowest BCUT2D eigenvalue weighted by Gasteiger charge is -2.16. The van der Waals surface area contributed by atoms with Crippen LogP contribution in [-0.4, -0.2) is 29.6 Å². The third-order valence-electron chi connectivity index (χ3n) is 2.70. The summed E-state index contributed by atoms with van der Waals surface area (Å²) in [7, 11) is 0. The Morgan fingerprint density at radius 2 is 1.78 bits per heavy atom. The van der Waals surface area contributed by atoms with Crippen LogP contribution < -0.4 is 11.1 Å². The number of carbonyl (C=O) groups is 2. The van der Waals surface area contributed by atoms with E-state index in [4.69, 9.17) is 10.8 Å². The summed E-state index contributed by atoms with van der Waals surface area (Å²) in [5.74, 6) is -0.882. The highest BCUT2D eigenvalue weighted by Gasteiger charge is 2.20. The van der Waals surface area contributed by atoms with Gasteiger partial charge in [-0.1, -0.05) is 26.7 Å². The summed E-state index contributed by atoms with van der Waals surface area (Å²) < 4.78 is 0. The molecule has 1 unspecified atom stereocenters. The number of amides is 1. The second kappa shape index (κ2) is 9.88. The van der Waals surface area contributed by atoms with Gasteiger partial charge < -0.3 is 16.2 Å². The monoisotopic (exact) mass is 258 g/mol. The molecular weight excluding hydrogens is 232 g/mol. The Hall–Kier alpha value is -1.10. The van der Waals surface area contributed by atoms with Crippen LogP contribution in [0, 0.1) is 5.92 Å². The number of nitrogens with one attached hydrogen (secondary N) is 1. The van der Waals surface area contributed by atoms with Crippen molar-refractivity contribution >= 4 is 11.9 Å². The van der Waals surface area contributed by atoms with E-state index in [1.165, 1.54) is 0 Å². The molecule has 5 nitrogen and oxygen atoms in total. The fourth-order valence-corrected chi connectivity index (χ4v) is 1.74. The molecule has 106 valence electrons. The maximum Gasteiger partial charge on any atom is 0.326 e. The number of carboxylic acid groups (broad SMARTS) is 1. The molecule has 0 aromatic rings. The van der Waals surface area contributed by atoms with Crippen LogP contribution in [0.2, 0.25) is 0 Å². The first kappa shape index (κ1) is 16.9. The van der Waals surface area contributed by atoms with Gasteiger partial charge in [-0.15, -0.1) is 0 Å². The summed E-state index contributed by atoms with van der Waals surface area (Å²) in [6.07, 6.45) is 4.62. The molecule has 0 aliphatic rings. The lowest BCUT2D eigenvalue weighted by atomic mass is 10.0. The van der Waals surface area contributed by atoms with Crippen molar-refractivity contribution in [3.05, 3.63) is 0 Å². The maximum absolute atomic E-state index is 11.6. The molecule has 0 bridgehead atoms. The largest absolute Gasteiger partial charge is 0.480 e. The van der Waals surface area contributed by atoms with Gasteiger partial charge in [0, 0.05) is 6.42 Å². The summed E-state index contributed by atoms with van der Waals surface area (Å²) >= 11 is 0. The van der Waals surface area contributed by atoms with Crippen molar-refractivity contribution in [2.24, 2.45) is 11.7 Å². The van der Waals surface area contributed by atoms with Crippen LogP contribution in [0.5, 0.6) is 0 Å². The highest BCUT2D eigenvalue weighted by Crippen LogP contribution is 2.07. The highest BCUT2D eigenvalue weighted by atomic mass is 16.4. The Balaban J connectivity index is 3.85. The van der Waals surface area contributed by atoms with Gasteiger partial charge in [-0.3, -0.25) is 4.79 Å². The number of rotatable bonds is 10. The number of unbranched alkanes of at least 4 members (excludes halogenated alkanes) is 3. The summed E-state index contributed by atoms with van der Waals surface area (Å²) in [6.45, 7) is 4.56. The zero-order chi connectivity index (χ0) is 14.0. The van der Waals surface area contributed by atoms with E-state index in [0.717, 1.165) is 25.7 Å². The quantitative estimate of drug-likeness (QED) is 0.518. The van der Waals surface area contributed by atoms with Crippen LogP contribution >= 0.6 is 0 Å². The molecule has 0 aromatic carbocycles. The van der Waals surface area contributed by atoms with Crippen molar-refractivity contribution in [3.63, 3.8) is 0 Å². The predicted molar refractivity (Wildman–Crippen MR) is 71.2 cm³/mol. The van der Waals surface area contributed by atoms with Gasteiger partial charge in [-0.05, 0) is 31.7 Å². The van der Waals surface area contributed by atoms with Crippen molar-refractivity contribution in [2.45, 2.75) is 58.4 Å². The van der Waals surface area contributed by atoms with E-state index in [1.54, 1.807) is 0 Å². The van der Waals surface area contributed by atoms with Crippen LogP contribution in [0.15, 0.2) is 0 Å². The molecule has 5 heteroatoms. The number of carboxylic acids is 1. The number of hydrogen-bond donors (Lipinski definition) is 3. The Morgan fingerprint density at radius 1 is 1.17 bits per heavy atom. The topological polar surface area (TPSA) is 92.4 Å². The van der Waals surface area contributed by atoms with Crippen molar-refractivity contribution < 1.29 is 14.7 Å². The molecule has 0 spiro atoms. The highest BCUT2D eigenvalue weighted by molar-refractivity contribution is 5.83. The molecule has 18 heavy (non-hydrogen) atoms. The SMILES string of the molecule is CC(C)CC(NC(=O)CCCCCCN)C(=O)O. The van der Waals surface area contributed by atoms with Crippen LogP contribution in [-0.2, 0) is 9.59 Å². The van der Waals surface area contributed by atoms with Gasteiger partial charge in [0.25, 0.3) is 0 Å². The molecule has 0 aliphatic heterocycles. The predicted octanol–water partition coefficient (Wildman–Crippen LogP) is 1.51. The molecule has 0 aliphatic carbocycles. The molecule has 0 radical (unpaired) electrons. The lowest BCUT2D eigenvalue weighted by molar-refractivity contribution is -0.142. The van der Waals surface area contributed by atoms with Gasteiger partial charge in [-0.25, -0.2) is 4.79 Å². The van der Waals surface area contributed by atoms with Gasteiger partial charge in [0.2, 0.25) is 5.91 Å². The fourth-order valence-electron chi connectivity index (χ4n) is 1.74. The molecule has 0 fully saturated rings. The minimum absolute atomic E-state index is 0.171. The van der Waals surface area contributed by atoms with Crippen LogP contribution in [0.3, 0.4) is 0 Å². The second-order valence-electron chi connectivity index (χ2n) is 5.04. The normalized spacial score (nSPS) is 12.4. The first-order valence-corrected chi connectivity index (χ1v) is 6.69. The lowest BCUT2D eigenvalue weighted by Crippen LogP contribution is -2.41. The molecule has 0 aromatic heterocycles.